The Bertz CT molecular complexity index is 143. The SMILES string of the molecule is C=C(C)C(=O)N(C)NCC. The van der Waals surface area contributed by atoms with E-state index in [1.165, 1.54) is 5.01 Å². The van der Waals surface area contributed by atoms with E-state index in [2.05, 4.69) is 12.0 Å². The van der Waals surface area contributed by atoms with E-state index in [9.17, 15) is 4.79 Å². The van der Waals surface area contributed by atoms with Gasteiger partial charge in [-0.25, -0.2) is 5.43 Å². The first kappa shape index (κ1) is 9.17. The highest BCUT2D eigenvalue weighted by Gasteiger charge is 2.05. The molecule has 0 bridgehead atoms. The quantitative estimate of drug-likeness (QED) is 0.461. The number of nitrogens with one attached hydrogen (secondary N) is 1. The summed E-state index contributed by atoms with van der Waals surface area (Å²) < 4.78 is 0. The number of carbonyl (C=O) groups excluding carboxylic acids is 1. The summed E-state index contributed by atoms with van der Waals surface area (Å²) in [5.41, 5.74) is 3.39. The van der Waals surface area contributed by atoms with Crippen molar-refractivity contribution in [1.29, 1.82) is 0 Å². The van der Waals surface area contributed by atoms with Gasteiger partial charge >= 0.3 is 0 Å². The summed E-state index contributed by atoms with van der Waals surface area (Å²) in [7, 11) is 1.68. The number of nitrogens with zero attached hydrogens (tertiary/aromatic N) is 1. The molecule has 3 heteroatoms. The molecule has 0 heterocycles. The lowest BCUT2D eigenvalue weighted by Gasteiger charge is -2.16. The van der Waals surface area contributed by atoms with Crippen molar-refractivity contribution >= 4 is 5.91 Å². The van der Waals surface area contributed by atoms with Gasteiger partial charge in [0.15, 0.2) is 0 Å². The summed E-state index contributed by atoms with van der Waals surface area (Å²) in [4.78, 5) is 11.0. The van der Waals surface area contributed by atoms with E-state index in [1.807, 2.05) is 6.92 Å². The number of amides is 1. The number of hydrogen-bond donors (Lipinski definition) is 1. The molecule has 10 heavy (non-hydrogen) atoms. The molecule has 0 aliphatic carbocycles. The smallest absolute Gasteiger partial charge is 0.262 e. The van der Waals surface area contributed by atoms with Crippen LogP contribution in [0.3, 0.4) is 0 Å². The van der Waals surface area contributed by atoms with Crippen LogP contribution in [0, 0.1) is 0 Å². The van der Waals surface area contributed by atoms with Gasteiger partial charge < -0.3 is 0 Å². The van der Waals surface area contributed by atoms with Crippen LogP contribution >= 0.6 is 0 Å². The molecule has 0 aliphatic rings. The molecule has 0 atom stereocenters. The zero-order valence-corrected chi connectivity index (χ0v) is 6.77. The second-order valence-electron chi connectivity index (χ2n) is 2.16. The van der Waals surface area contributed by atoms with E-state index in [0.29, 0.717) is 5.57 Å². The molecule has 0 aromatic heterocycles. The molecule has 0 fully saturated rings. The number of likely N-dealkylation sites (N-methyl/N-ethyl adjacent to an activating group) is 1. The van der Waals surface area contributed by atoms with Crippen LogP contribution in [0.2, 0.25) is 0 Å². The lowest BCUT2D eigenvalue weighted by atomic mass is 10.3. The zero-order chi connectivity index (χ0) is 8.15. The lowest BCUT2D eigenvalue weighted by molar-refractivity contribution is -0.128. The summed E-state index contributed by atoms with van der Waals surface area (Å²) in [5.74, 6) is -0.0677. The molecule has 0 saturated heterocycles. The molecule has 58 valence electrons. The molecule has 3 nitrogen and oxygen atoms in total. The molecule has 0 spiro atoms. The van der Waals surface area contributed by atoms with Crippen molar-refractivity contribution < 1.29 is 4.79 Å². The lowest BCUT2D eigenvalue weighted by Crippen LogP contribution is -2.39. The first-order valence-electron chi connectivity index (χ1n) is 3.26. The summed E-state index contributed by atoms with van der Waals surface area (Å²) in [6.45, 7) is 7.90. The maximum absolute atomic E-state index is 11.0. The van der Waals surface area contributed by atoms with E-state index in [1.54, 1.807) is 14.0 Å². The highest BCUT2D eigenvalue weighted by molar-refractivity contribution is 5.91. The van der Waals surface area contributed by atoms with Gasteiger partial charge in [0.1, 0.15) is 0 Å². The fraction of sp³-hybridized carbons (Fsp3) is 0.571. The van der Waals surface area contributed by atoms with Gasteiger partial charge in [0.25, 0.3) is 5.91 Å². The van der Waals surface area contributed by atoms with Crippen molar-refractivity contribution in [2.75, 3.05) is 13.6 Å². The average molecular weight is 142 g/mol. The van der Waals surface area contributed by atoms with Crippen LogP contribution in [-0.2, 0) is 4.79 Å². The Morgan fingerprint density at radius 3 is 2.50 bits per heavy atom. The minimum atomic E-state index is -0.0677. The van der Waals surface area contributed by atoms with Crippen molar-refractivity contribution in [2.45, 2.75) is 13.8 Å². The van der Waals surface area contributed by atoms with Crippen molar-refractivity contribution in [3.63, 3.8) is 0 Å². The van der Waals surface area contributed by atoms with Gasteiger partial charge in [-0.15, -0.1) is 0 Å². The number of hydrogen-bond acceptors (Lipinski definition) is 2. The Morgan fingerprint density at radius 2 is 2.20 bits per heavy atom. The molecule has 0 aromatic rings. The van der Waals surface area contributed by atoms with Gasteiger partial charge in [-0.3, -0.25) is 9.80 Å². The molecule has 0 unspecified atom stereocenters. The van der Waals surface area contributed by atoms with Gasteiger partial charge in [-0.2, -0.15) is 0 Å². The molecule has 1 amide bonds. The second-order valence-corrected chi connectivity index (χ2v) is 2.16. The van der Waals surface area contributed by atoms with Gasteiger partial charge in [0.05, 0.1) is 0 Å². The summed E-state index contributed by atoms with van der Waals surface area (Å²) in [6, 6.07) is 0. The van der Waals surface area contributed by atoms with Gasteiger partial charge in [0.2, 0.25) is 0 Å². The molecule has 0 rings (SSSR count). The summed E-state index contributed by atoms with van der Waals surface area (Å²) >= 11 is 0. The molecule has 0 aliphatic heterocycles. The maximum atomic E-state index is 11.0. The number of rotatable bonds is 3. The van der Waals surface area contributed by atoms with E-state index >= 15 is 0 Å². The molecule has 0 saturated carbocycles. The standard InChI is InChI=1S/C7H14N2O/c1-5-8-9(4)7(10)6(2)3/h8H,2,5H2,1,3-4H3. The van der Waals surface area contributed by atoms with Crippen molar-refractivity contribution in [1.82, 2.24) is 10.4 Å². The van der Waals surface area contributed by atoms with Crippen LogP contribution in [0.1, 0.15) is 13.8 Å². The Morgan fingerprint density at radius 1 is 1.70 bits per heavy atom. The highest BCUT2D eigenvalue weighted by atomic mass is 16.2. The molecular weight excluding hydrogens is 128 g/mol. The minimum Gasteiger partial charge on any atom is -0.277 e. The van der Waals surface area contributed by atoms with Gasteiger partial charge in [-0.05, 0) is 6.92 Å². The predicted molar refractivity (Wildman–Crippen MR) is 41.3 cm³/mol. The maximum Gasteiger partial charge on any atom is 0.262 e. The van der Waals surface area contributed by atoms with Crippen molar-refractivity contribution in [3.8, 4) is 0 Å². The Kier molecular flexibility index (Phi) is 3.72. The van der Waals surface area contributed by atoms with Crippen LogP contribution in [-0.4, -0.2) is 24.5 Å². The Balaban J connectivity index is 3.82. The largest absolute Gasteiger partial charge is 0.277 e. The third kappa shape index (κ3) is 2.64. The first-order valence-corrected chi connectivity index (χ1v) is 3.26. The van der Waals surface area contributed by atoms with Crippen LogP contribution < -0.4 is 5.43 Å². The van der Waals surface area contributed by atoms with E-state index in [4.69, 9.17) is 0 Å². The minimum absolute atomic E-state index is 0.0677. The predicted octanol–water partition coefficient (Wildman–Crippen LogP) is 0.545. The molecular formula is C7H14N2O. The average Bonchev–Trinajstić information content (AvgIpc) is 1.87. The van der Waals surface area contributed by atoms with Crippen molar-refractivity contribution in [3.05, 3.63) is 12.2 Å². The van der Waals surface area contributed by atoms with Crippen LogP contribution in [0.15, 0.2) is 12.2 Å². The topological polar surface area (TPSA) is 32.3 Å². The Hall–Kier alpha value is -0.830. The number of carbonyl (C=O) groups is 1. The van der Waals surface area contributed by atoms with Crippen LogP contribution in [0.5, 0.6) is 0 Å². The summed E-state index contributed by atoms with van der Waals surface area (Å²) in [5, 5.41) is 1.43. The third-order valence-electron chi connectivity index (χ3n) is 1.07. The molecule has 0 radical (unpaired) electrons. The molecule has 1 N–H and O–H groups in total. The summed E-state index contributed by atoms with van der Waals surface area (Å²) in [6.07, 6.45) is 0. The van der Waals surface area contributed by atoms with Gasteiger partial charge in [-0.1, -0.05) is 13.5 Å². The van der Waals surface area contributed by atoms with E-state index in [-0.39, 0.29) is 5.91 Å². The first-order chi connectivity index (χ1) is 4.59. The third-order valence-corrected chi connectivity index (χ3v) is 1.07. The second kappa shape index (κ2) is 4.06. The zero-order valence-electron chi connectivity index (χ0n) is 6.77. The monoisotopic (exact) mass is 142 g/mol. The van der Waals surface area contributed by atoms with Crippen molar-refractivity contribution in [2.24, 2.45) is 0 Å². The fourth-order valence-electron chi connectivity index (χ4n) is 0.595. The van der Waals surface area contributed by atoms with E-state index in [0.717, 1.165) is 6.54 Å². The van der Waals surface area contributed by atoms with Crippen LogP contribution in [0.25, 0.3) is 0 Å². The highest BCUT2D eigenvalue weighted by Crippen LogP contribution is 1.91. The van der Waals surface area contributed by atoms with E-state index < -0.39 is 0 Å². The number of hydrazine groups is 1. The normalized spacial score (nSPS) is 9.10. The Labute approximate surface area is 61.7 Å². The van der Waals surface area contributed by atoms with Gasteiger partial charge in [0, 0.05) is 19.2 Å². The molecule has 0 aromatic carbocycles. The fourth-order valence-corrected chi connectivity index (χ4v) is 0.595. The van der Waals surface area contributed by atoms with Crippen LogP contribution in [0.4, 0.5) is 0 Å².